The van der Waals surface area contributed by atoms with Gasteiger partial charge in [-0.15, -0.1) is 0 Å². The third kappa shape index (κ3) is 2.06. The fraction of sp³-hybridized carbons (Fsp3) is 0.0833. The molecule has 0 atom stereocenters. The van der Waals surface area contributed by atoms with Crippen LogP contribution in [-0.2, 0) is 0 Å². The molecule has 0 bridgehead atoms. The number of pyridine rings is 2. The Balaban J connectivity index is 2.34. The Labute approximate surface area is 92.9 Å². The Morgan fingerprint density at radius 1 is 1.19 bits per heavy atom. The largest absolute Gasteiger partial charge is 0.495 e. The van der Waals surface area contributed by atoms with Gasteiger partial charge in [-0.2, -0.15) is 0 Å². The Morgan fingerprint density at radius 3 is 2.69 bits per heavy atom. The summed E-state index contributed by atoms with van der Waals surface area (Å²) in [6, 6.07) is 5.10. The molecular formula is C12H10N2O2. The van der Waals surface area contributed by atoms with Gasteiger partial charge in [-0.1, -0.05) is 0 Å². The molecule has 2 aromatic heterocycles. The first kappa shape index (κ1) is 10.3. The predicted molar refractivity (Wildman–Crippen MR) is 58.5 cm³/mol. The van der Waals surface area contributed by atoms with E-state index in [-0.39, 0.29) is 5.78 Å². The molecule has 2 heterocycles. The minimum atomic E-state index is -0.112. The maximum atomic E-state index is 12.0. The molecular weight excluding hydrogens is 204 g/mol. The SMILES string of the molecule is COc1cncc(C(=O)c2cccnc2)c1. The fourth-order valence-corrected chi connectivity index (χ4v) is 1.32. The Bertz CT molecular complexity index is 497. The summed E-state index contributed by atoms with van der Waals surface area (Å²) in [7, 11) is 1.54. The van der Waals surface area contributed by atoms with Gasteiger partial charge in [0.1, 0.15) is 5.75 Å². The van der Waals surface area contributed by atoms with Gasteiger partial charge in [-0.05, 0) is 18.2 Å². The number of aromatic nitrogens is 2. The zero-order chi connectivity index (χ0) is 11.4. The fourth-order valence-electron chi connectivity index (χ4n) is 1.32. The van der Waals surface area contributed by atoms with Crippen molar-refractivity contribution in [3.05, 3.63) is 54.1 Å². The van der Waals surface area contributed by atoms with Crippen molar-refractivity contribution in [1.29, 1.82) is 0 Å². The van der Waals surface area contributed by atoms with Gasteiger partial charge in [0, 0.05) is 29.7 Å². The maximum absolute atomic E-state index is 12.0. The van der Waals surface area contributed by atoms with Crippen molar-refractivity contribution >= 4 is 5.78 Å². The minimum Gasteiger partial charge on any atom is -0.495 e. The lowest BCUT2D eigenvalue weighted by Crippen LogP contribution is -2.02. The minimum absolute atomic E-state index is 0.112. The van der Waals surface area contributed by atoms with Gasteiger partial charge in [-0.25, -0.2) is 0 Å². The lowest BCUT2D eigenvalue weighted by molar-refractivity contribution is 0.103. The summed E-state index contributed by atoms with van der Waals surface area (Å²) in [5, 5.41) is 0. The normalized spacial score (nSPS) is 9.81. The molecule has 2 rings (SSSR count). The van der Waals surface area contributed by atoms with Crippen LogP contribution in [-0.4, -0.2) is 22.9 Å². The van der Waals surface area contributed by atoms with E-state index in [4.69, 9.17) is 4.74 Å². The average Bonchev–Trinajstić information content (AvgIpc) is 2.39. The summed E-state index contributed by atoms with van der Waals surface area (Å²) in [6.07, 6.45) is 6.22. The molecule has 0 N–H and O–H groups in total. The molecule has 0 aromatic carbocycles. The van der Waals surface area contributed by atoms with Crippen molar-refractivity contribution in [3.8, 4) is 5.75 Å². The van der Waals surface area contributed by atoms with E-state index in [0.29, 0.717) is 16.9 Å². The molecule has 0 saturated carbocycles. The molecule has 0 radical (unpaired) electrons. The van der Waals surface area contributed by atoms with Gasteiger partial charge in [0.15, 0.2) is 5.78 Å². The van der Waals surface area contributed by atoms with Crippen LogP contribution in [0.5, 0.6) is 5.75 Å². The predicted octanol–water partition coefficient (Wildman–Crippen LogP) is 1.72. The topological polar surface area (TPSA) is 52.1 Å². The van der Waals surface area contributed by atoms with E-state index in [2.05, 4.69) is 9.97 Å². The number of ketones is 1. The summed E-state index contributed by atoms with van der Waals surface area (Å²) < 4.78 is 5.01. The highest BCUT2D eigenvalue weighted by Gasteiger charge is 2.09. The zero-order valence-electron chi connectivity index (χ0n) is 8.75. The van der Waals surface area contributed by atoms with Crippen molar-refractivity contribution in [2.45, 2.75) is 0 Å². The molecule has 0 spiro atoms. The highest BCUT2D eigenvalue weighted by atomic mass is 16.5. The standard InChI is InChI=1S/C12H10N2O2/c1-16-11-5-10(7-14-8-11)12(15)9-3-2-4-13-6-9/h2-8H,1H3. The van der Waals surface area contributed by atoms with Crippen LogP contribution in [0.15, 0.2) is 43.0 Å². The number of rotatable bonds is 3. The van der Waals surface area contributed by atoms with E-state index in [1.54, 1.807) is 30.6 Å². The average molecular weight is 214 g/mol. The first-order valence-electron chi connectivity index (χ1n) is 4.75. The molecule has 4 heteroatoms. The second-order valence-corrected chi connectivity index (χ2v) is 3.18. The third-order valence-corrected chi connectivity index (χ3v) is 2.13. The summed E-state index contributed by atoms with van der Waals surface area (Å²) in [4.78, 5) is 19.8. The van der Waals surface area contributed by atoms with E-state index in [1.807, 2.05) is 0 Å². The third-order valence-electron chi connectivity index (χ3n) is 2.13. The van der Waals surface area contributed by atoms with Crippen molar-refractivity contribution in [2.24, 2.45) is 0 Å². The lowest BCUT2D eigenvalue weighted by atomic mass is 10.1. The highest BCUT2D eigenvalue weighted by Crippen LogP contribution is 2.13. The highest BCUT2D eigenvalue weighted by molar-refractivity contribution is 6.08. The number of ether oxygens (including phenoxy) is 1. The van der Waals surface area contributed by atoms with Crippen LogP contribution in [0.4, 0.5) is 0 Å². The van der Waals surface area contributed by atoms with Gasteiger partial charge in [0.2, 0.25) is 0 Å². The molecule has 0 amide bonds. The van der Waals surface area contributed by atoms with Crippen LogP contribution in [0.3, 0.4) is 0 Å². The van der Waals surface area contributed by atoms with Gasteiger partial charge in [0.25, 0.3) is 0 Å². The van der Waals surface area contributed by atoms with Crippen LogP contribution >= 0.6 is 0 Å². The summed E-state index contributed by atoms with van der Waals surface area (Å²) in [5.41, 5.74) is 1.03. The van der Waals surface area contributed by atoms with Gasteiger partial charge in [-0.3, -0.25) is 14.8 Å². The molecule has 0 fully saturated rings. The molecule has 80 valence electrons. The van der Waals surface area contributed by atoms with Gasteiger partial charge < -0.3 is 4.74 Å². The summed E-state index contributed by atoms with van der Waals surface area (Å²) >= 11 is 0. The smallest absolute Gasteiger partial charge is 0.196 e. The first-order chi connectivity index (χ1) is 7.81. The van der Waals surface area contributed by atoms with Gasteiger partial charge >= 0.3 is 0 Å². The number of nitrogens with zero attached hydrogens (tertiary/aromatic N) is 2. The molecule has 0 aliphatic carbocycles. The second-order valence-electron chi connectivity index (χ2n) is 3.18. The van der Waals surface area contributed by atoms with Crippen molar-refractivity contribution in [3.63, 3.8) is 0 Å². The Morgan fingerprint density at radius 2 is 2.00 bits per heavy atom. The van der Waals surface area contributed by atoms with Crippen LogP contribution in [0.2, 0.25) is 0 Å². The molecule has 0 saturated heterocycles. The number of hydrogen-bond donors (Lipinski definition) is 0. The van der Waals surface area contributed by atoms with E-state index >= 15 is 0 Å². The van der Waals surface area contributed by atoms with E-state index < -0.39 is 0 Å². The monoisotopic (exact) mass is 214 g/mol. The van der Waals surface area contributed by atoms with E-state index in [0.717, 1.165) is 0 Å². The number of methoxy groups -OCH3 is 1. The zero-order valence-corrected chi connectivity index (χ0v) is 8.75. The van der Waals surface area contributed by atoms with Crippen LogP contribution in [0.1, 0.15) is 15.9 Å². The summed E-state index contributed by atoms with van der Waals surface area (Å²) in [6.45, 7) is 0. The molecule has 2 aromatic rings. The lowest BCUT2D eigenvalue weighted by Gasteiger charge is -2.02. The van der Waals surface area contributed by atoms with Gasteiger partial charge in [0.05, 0.1) is 13.3 Å². The molecule has 0 aliphatic rings. The van der Waals surface area contributed by atoms with Crippen molar-refractivity contribution < 1.29 is 9.53 Å². The van der Waals surface area contributed by atoms with Crippen LogP contribution in [0, 0.1) is 0 Å². The maximum Gasteiger partial charge on any atom is 0.196 e. The number of hydrogen-bond acceptors (Lipinski definition) is 4. The second kappa shape index (κ2) is 4.53. The Hall–Kier alpha value is -2.23. The number of carbonyl (C=O) groups is 1. The summed E-state index contributed by atoms with van der Waals surface area (Å²) in [5.74, 6) is 0.453. The molecule has 4 nitrogen and oxygen atoms in total. The van der Waals surface area contributed by atoms with Crippen LogP contribution in [0.25, 0.3) is 0 Å². The van der Waals surface area contributed by atoms with Crippen LogP contribution < -0.4 is 4.74 Å². The molecule has 0 unspecified atom stereocenters. The van der Waals surface area contributed by atoms with E-state index in [9.17, 15) is 4.79 Å². The van der Waals surface area contributed by atoms with Crippen molar-refractivity contribution in [1.82, 2.24) is 9.97 Å². The Kier molecular flexibility index (Phi) is 2.91. The van der Waals surface area contributed by atoms with Crippen molar-refractivity contribution in [2.75, 3.05) is 7.11 Å². The quantitative estimate of drug-likeness (QED) is 0.730. The molecule has 16 heavy (non-hydrogen) atoms. The molecule has 0 aliphatic heterocycles. The number of carbonyl (C=O) groups excluding carboxylic acids is 1. The van der Waals surface area contributed by atoms with E-state index in [1.165, 1.54) is 19.5 Å². The first-order valence-corrected chi connectivity index (χ1v) is 4.75.